The number of benzene rings is 1. The fraction of sp³-hybridized carbons (Fsp3) is 0.467. The maximum atomic E-state index is 13.4. The number of carbonyl (C=O) groups excluding carboxylic acids is 1. The molecular weight excluding hydrogens is 280 g/mol. The molecule has 6 heteroatoms. The summed E-state index contributed by atoms with van der Waals surface area (Å²) < 4.78 is 26.4. The van der Waals surface area contributed by atoms with E-state index in [4.69, 9.17) is 5.11 Å². The van der Waals surface area contributed by atoms with Gasteiger partial charge in [-0.15, -0.1) is 0 Å². The SMILES string of the molecule is O=C(CCc1cc(F)ccc1F)N[C@H]1CCC[C@H]1C(=O)O. The smallest absolute Gasteiger partial charge is 0.308 e. The van der Waals surface area contributed by atoms with Crippen molar-refractivity contribution < 1.29 is 23.5 Å². The summed E-state index contributed by atoms with van der Waals surface area (Å²) in [7, 11) is 0. The van der Waals surface area contributed by atoms with Crippen molar-refractivity contribution in [1.29, 1.82) is 0 Å². The van der Waals surface area contributed by atoms with E-state index in [1.165, 1.54) is 0 Å². The molecule has 1 aromatic carbocycles. The van der Waals surface area contributed by atoms with E-state index in [-0.39, 0.29) is 30.4 Å². The predicted molar refractivity (Wildman–Crippen MR) is 71.6 cm³/mol. The Bertz CT molecular complexity index is 548. The van der Waals surface area contributed by atoms with E-state index in [1.54, 1.807) is 0 Å². The number of rotatable bonds is 5. The number of halogens is 2. The normalized spacial score (nSPS) is 21.2. The van der Waals surface area contributed by atoms with Crippen LogP contribution in [0.3, 0.4) is 0 Å². The Morgan fingerprint density at radius 2 is 2.05 bits per heavy atom. The largest absolute Gasteiger partial charge is 0.481 e. The maximum absolute atomic E-state index is 13.4. The number of carboxylic acids is 1. The number of hydrogen-bond acceptors (Lipinski definition) is 2. The summed E-state index contributed by atoms with van der Waals surface area (Å²) in [6.07, 6.45) is 2.04. The van der Waals surface area contributed by atoms with Gasteiger partial charge in [0, 0.05) is 12.5 Å². The van der Waals surface area contributed by atoms with Gasteiger partial charge >= 0.3 is 5.97 Å². The lowest BCUT2D eigenvalue weighted by Crippen LogP contribution is -2.40. The lowest BCUT2D eigenvalue weighted by Gasteiger charge is -2.17. The quantitative estimate of drug-likeness (QED) is 0.876. The highest BCUT2D eigenvalue weighted by molar-refractivity contribution is 5.78. The standard InChI is InChI=1S/C15H17F2NO3/c16-10-5-6-12(17)9(8-10)4-7-14(19)18-13-3-1-2-11(13)15(20)21/h5-6,8,11,13H,1-4,7H2,(H,18,19)(H,20,21)/t11-,13+/m1/s1. The van der Waals surface area contributed by atoms with Gasteiger partial charge in [-0.2, -0.15) is 0 Å². The zero-order valence-electron chi connectivity index (χ0n) is 11.4. The molecule has 21 heavy (non-hydrogen) atoms. The van der Waals surface area contributed by atoms with Gasteiger partial charge in [-0.3, -0.25) is 9.59 Å². The fourth-order valence-electron chi connectivity index (χ4n) is 2.69. The first kappa shape index (κ1) is 15.4. The van der Waals surface area contributed by atoms with Gasteiger partial charge in [-0.05, 0) is 43.0 Å². The third kappa shape index (κ3) is 4.00. The molecule has 1 aliphatic carbocycles. The van der Waals surface area contributed by atoms with E-state index in [2.05, 4.69) is 5.32 Å². The lowest BCUT2D eigenvalue weighted by atomic mass is 10.0. The minimum atomic E-state index is -0.908. The minimum Gasteiger partial charge on any atom is -0.481 e. The molecule has 114 valence electrons. The molecule has 0 aliphatic heterocycles. The zero-order valence-corrected chi connectivity index (χ0v) is 11.4. The zero-order chi connectivity index (χ0) is 15.4. The summed E-state index contributed by atoms with van der Waals surface area (Å²) in [5.41, 5.74) is 0.145. The third-order valence-electron chi connectivity index (χ3n) is 3.81. The van der Waals surface area contributed by atoms with Crippen molar-refractivity contribution in [1.82, 2.24) is 5.32 Å². The second kappa shape index (κ2) is 6.65. The Morgan fingerprint density at radius 3 is 2.76 bits per heavy atom. The first-order chi connectivity index (χ1) is 9.97. The molecule has 0 heterocycles. The topological polar surface area (TPSA) is 66.4 Å². The number of carbonyl (C=O) groups is 2. The molecule has 1 fully saturated rings. The highest BCUT2D eigenvalue weighted by Gasteiger charge is 2.33. The maximum Gasteiger partial charge on any atom is 0.308 e. The monoisotopic (exact) mass is 297 g/mol. The number of aryl methyl sites for hydroxylation is 1. The van der Waals surface area contributed by atoms with Crippen LogP contribution in [-0.4, -0.2) is 23.0 Å². The highest BCUT2D eigenvalue weighted by Crippen LogP contribution is 2.26. The molecule has 1 aliphatic rings. The molecule has 0 aromatic heterocycles. The molecular formula is C15H17F2NO3. The molecule has 4 nitrogen and oxygen atoms in total. The predicted octanol–water partition coefficient (Wildman–Crippen LogP) is 2.27. The van der Waals surface area contributed by atoms with E-state index in [1.807, 2.05) is 0 Å². The Kier molecular flexibility index (Phi) is 4.88. The third-order valence-corrected chi connectivity index (χ3v) is 3.81. The molecule has 0 spiro atoms. The van der Waals surface area contributed by atoms with Gasteiger partial charge in [0.1, 0.15) is 11.6 Å². The summed E-state index contributed by atoms with van der Waals surface area (Å²) >= 11 is 0. The molecule has 2 atom stereocenters. The van der Waals surface area contributed by atoms with Crippen molar-refractivity contribution in [3.8, 4) is 0 Å². The van der Waals surface area contributed by atoms with E-state index in [0.717, 1.165) is 24.6 Å². The van der Waals surface area contributed by atoms with Gasteiger partial charge in [-0.25, -0.2) is 8.78 Å². The summed E-state index contributed by atoms with van der Waals surface area (Å²) in [5.74, 6) is -2.90. The molecule has 1 aromatic rings. The van der Waals surface area contributed by atoms with Gasteiger partial charge in [0.15, 0.2) is 0 Å². The van der Waals surface area contributed by atoms with Crippen molar-refractivity contribution in [3.63, 3.8) is 0 Å². The van der Waals surface area contributed by atoms with Crippen LogP contribution in [0.1, 0.15) is 31.2 Å². The van der Waals surface area contributed by atoms with Crippen molar-refractivity contribution in [3.05, 3.63) is 35.4 Å². The van der Waals surface area contributed by atoms with Gasteiger partial charge in [0.2, 0.25) is 5.91 Å². The number of amides is 1. The van der Waals surface area contributed by atoms with Crippen LogP contribution in [0.25, 0.3) is 0 Å². The van der Waals surface area contributed by atoms with Crippen molar-refractivity contribution in [2.75, 3.05) is 0 Å². The molecule has 1 amide bonds. The van der Waals surface area contributed by atoms with Crippen LogP contribution in [0.5, 0.6) is 0 Å². The molecule has 2 rings (SSSR count). The van der Waals surface area contributed by atoms with Crippen molar-refractivity contribution >= 4 is 11.9 Å². The van der Waals surface area contributed by atoms with Gasteiger partial charge < -0.3 is 10.4 Å². The summed E-state index contributed by atoms with van der Waals surface area (Å²) in [4.78, 5) is 22.8. The number of nitrogens with one attached hydrogen (secondary N) is 1. The first-order valence-corrected chi connectivity index (χ1v) is 6.93. The molecule has 1 saturated carbocycles. The Balaban J connectivity index is 1.87. The molecule has 2 N–H and O–H groups in total. The van der Waals surface area contributed by atoms with Gasteiger partial charge in [-0.1, -0.05) is 6.42 Å². The van der Waals surface area contributed by atoms with E-state index < -0.39 is 23.5 Å². The average molecular weight is 297 g/mol. The van der Waals surface area contributed by atoms with Crippen LogP contribution in [0.15, 0.2) is 18.2 Å². The van der Waals surface area contributed by atoms with Crippen LogP contribution in [0, 0.1) is 17.6 Å². The fourth-order valence-corrected chi connectivity index (χ4v) is 2.69. The van der Waals surface area contributed by atoms with Crippen molar-refractivity contribution in [2.45, 2.75) is 38.1 Å². The second-order valence-electron chi connectivity index (χ2n) is 5.29. The number of carboxylic acid groups (broad SMARTS) is 1. The second-order valence-corrected chi connectivity index (χ2v) is 5.29. The van der Waals surface area contributed by atoms with E-state index >= 15 is 0 Å². The molecule has 0 saturated heterocycles. The lowest BCUT2D eigenvalue weighted by molar-refractivity contribution is -0.142. The Hall–Kier alpha value is -1.98. The van der Waals surface area contributed by atoms with Crippen LogP contribution in [0.4, 0.5) is 8.78 Å². The van der Waals surface area contributed by atoms with Crippen LogP contribution < -0.4 is 5.32 Å². The van der Waals surface area contributed by atoms with E-state index in [0.29, 0.717) is 12.8 Å². The Morgan fingerprint density at radius 1 is 1.29 bits per heavy atom. The summed E-state index contributed by atoms with van der Waals surface area (Å²) in [5, 5.41) is 11.7. The van der Waals surface area contributed by atoms with E-state index in [9.17, 15) is 18.4 Å². The summed E-state index contributed by atoms with van der Waals surface area (Å²) in [6, 6.07) is 2.75. The average Bonchev–Trinajstić information content (AvgIpc) is 2.88. The summed E-state index contributed by atoms with van der Waals surface area (Å²) in [6.45, 7) is 0. The van der Waals surface area contributed by atoms with Gasteiger partial charge in [0.05, 0.1) is 5.92 Å². The van der Waals surface area contributed by atoms with Crippen molar-refractivity contribution in [2.24, 2.45) is 5.92 Å². The first-order valence-electron chi connectivity index (χ1n) is 6.93. The number of aliphatic carboxylic acids is 1. The molecule has 0 unspecified atom stereocenters. The molecule has 0 radical (unpaired) electrons. The van der Waals surface area contributed by atoms with Crippen LogP contribution in [0.2, 0.25) is 0 Å². The number of hydrogen-bond donors (Lipinski definition) is 2. The Labute approximate surface area is 121 Å². The van der Waals surface area contributed by atoms with Crippen LogP contribution in [-0.2, 0) is 16.0 Å². The van der Waals surface area contributed by atoms with Crippen LogP contribution >= 0.6 is 0 Å². The molecule has 0 bridgehead atoms. The highest BCUT2D eigenvalue weighted by atomic mass is 19.1. The van der Waals surface area contributed by atoms with Gasteiger partial charge in [0.25, 0.3) is 0 Å². The minimum absolute atomic E-state index is 0.00319.